The molecule has 1 saturated heterocycles. The smallest absolute Gasteiger partial charge is 0.416 e. The van der Waals surface area contributed by atoms with Gasteiger partial charge in [0.2, 0.25) is 0 Å². The van der Waals surface area contributed by atoms with Crippen LogP contribution in [0.1, 0.15) is 27.9 Å². The third kappa shape index (κ3) is 3.67. The van der Waals surface area contributed by atoms with Crippen molar-refractivity contribution in [1.82, 2.24) is 4.90 Å². The minimum Gasteiger partial charge on any atom is -0.497 e. The zero-order valence-electron chi connectivity index (χ0n) is 16.1. The van der Waals surface area contributed by atoms with Gasteiger partial charge in [0.25, 0.3) is 5.91 Å². The summed E-state index contributed by atoms with van der Waals surface area (Å²) >= 11 is 0. The van der Waals surface area contributed by atoms with Gasteiger partial charge in [0.15, 0.2) is 0 Å². The van der Waals surface area contributed by atoms with Crippen LogP contribution in [0, 0.1) is 0 Å². The molecule has 1 fully saturated rings. The Kier molecular flexibility index (Phi) is 5.05. The molecule has 2 aromatic carbocycles. The lowest BCUT2D eigenvalue weighted by Crippen LogP contribution is -2.42. The molecule has 2 aliphatic heterocycles. The van der Waals surface area contributed by atoms with Crippen molar-refractivity contribution in [3.8, 4) is 5.75 Å². The minimum atomic E-state index is -4.46. The maximum Gasteiger partial charge on any atom is 0.416 e. The van der Waals surface area contributed by atoms with Gasteiger partial charge in [0, 0.05) is 18.7 Å². The van der Waals surface area contributed by atoms with Crippen LogP contribution >= 0.6 is 0 Å². The summed E-state index contributed by atoms with van der Waals surface area (Å²) in [4.78, 5) is 28.5. The number of fused-ring (bicyclic) bond motifs is 3. The predicted octanol–water partition coefficient (Wildman–Crippen LogP) is 4.09. The van der Waals surface area contributed by atoms with E-state index in [0.29, 0.717) is 30.0 Å². The van der Waals surface area contributed by atoms with Crippen LogP contribution in [-0.4, -0.2) is 43.2 Å². The Hall–Kier alpha value is -3.23. The van der Waals surface area contributed by atoms with E-state index in [1.807, 2.05) is 0 Å². The Morgan fingerprint density at radius 2 is 1.90 bits per heavy atom. The molecule has 4 rings (SSSR count). The van der Waals surface area contributed by atoms with Gasteiger partial charge in [-0.1, -0.05) is 0 Å². The SMILES string of the molecule is COc1ccc2c(c1)CN(C(=O)c1ccc(C(F)(F)F)cc1)CCC1COC(=O)N21. The molecule has 0 radical (unpaired) electrons. The zero-order valence-corrected chi connectivity index (χ0v) is 16.1. The van der Waals surface area contributed by atoms with E-state index in [9.17, 15) is 22.8 Å². The molecule has 158 valence electrons. The van der Waals surface area contributed by atoms with Crippen LogP contribution in [0.3, 0.4) is 0 Å². The van der Waals surface area contributed by atoms with E-state index < -0.39 is 17.8 Å². The second kappa shape index (κ2) is 7.55. The van der Waals surface area contributed by atoms with Crippen LogP contribution in [0.2, 0.25) is 0 Å². The van der Waals surface area contributed by atoms with Gasteiger partial charge in [-0.05, 0) is 54.4 Å². The number of carbonyl (C=O) groups is 2. The normalized spacial score (nSPS) is 18.8. The molecular formula is C21H19F3N2O4. The summed E-state index contributed by atoms with van der Waals surface area (Å²) < 4.78 is 48.9. The van der Waals surface area contributed by atoms with Gasteiger partial charge >= 0.3 is 12.3 Å². The number of nitrogens with zero attached hydrogens (tertiary/aromatic N) is 2. The molecule has 0 aliphatic carbocycles. The van der Waals surface area contributed by atoms with E-state index in [-0.39, 0.29) is 30.7 Å². The first-order valence-corrected chi connectivity index (χ1v) is 9.37. The minimum absolute atomic E-state index is 0.170. The van der Waals surface area contributed by atoms with Crippen LogP contribution in [0.5, 0.6) is 5.75 Å². The Morgan fingerprint density at radius 3 is 2.57 bits per heavy atom. The molecule has 0 saturated carbocycles. The zero-order chi connectivity index (χ0) is 21.5. The number of halogens is 3. The number of amides is 2. The highest BCUT2D eigenvalue weighted by Gasteiger charge is 2.38. The third-order valence-corrected chi connectivity index (χ3v) is 5.35. The molecule has 2 heterocycles. The lowest BCUT2D eigenvalue weighted by molar-refractivity contribution is -0.137. The van der Waals surface area contributed by atoms with Gasteiger partial charge in [-0.15, -0.1) is 0 Å². The molecule has 1 atom stereocenters. The van der Waals surface area contributed by atoms with Crippen molar-refractivity contribution >= 4 is 17.7 Å². The first kappa shape index (κ1) is 20.1. The van der Waals surface area contributed by atoms with Gasteiger partial charge in [0.05, 0.1) is 24.4 Å². The highest BCUT2D eigenvalue weighted by molar-refractivity contribution is 5.95. The molecule has 30 heavy (non-hydrogen) atoms. The Morgan fingerprint density at radius 1 is 1.17 bits per heavy atom. The average Bonchev–Trinajstić information content (AvgIpc) is 3.07. The van der Waals surface area contributed by atoms with Gasteiger partial charge in [0.1, 0.15) is 12.4 Å². The summed E-state index contributed by atoms with van der Waals surface area (Å²) in [7, 11) is 1.52. The number of anilines is 1. The van der Waals surface area contributed by atoms with E-state index in [4.69, 9.17) is 9.47 Å². The van der Waals surface area contributed by atoms with Crippen LogP contribution < -0.4 is 9.64 Å². The van der Waals surface area contributed by atoms with Crippen molar-refractivity contribution < 1.29 is 32.2 Å². The first-order chi connectivity index (χ1) is 14.3. The van der Waals surface area contributed by atoms with E-state index in [1.165, 1.54) is 19.2 Å². The van der Waals surface area contributed by atoms with Crippen LogP contribution in [0.15, 0.2) is 42.5 Å². The Bertz CT molecular complexity index is 975. The molecule has 6 nitrogen and oxygen atoms in total. The Balaban J connectivity index is 1.66. The number of hydrogen-bond donors (Lipinski definition) is 0. The predicted molar refractivity (Wildman–Crippen MR) is 101 cm³/mol. The van der Waals surface area contributed by atoms with Crippen molar-refractivity contribution in [3.63, 3.8) is 0 Å². The number of benzene rings is 2. The van der Waals surface area contributed by atoms with Crippen LogP contribution in [0.4, 0.5) is 23.7 Å². The molecule has 2 amide bonds. The van der Waals surface area contributed by atoms with Gasteiger partial charge in [-0.2, -0.15) is 13.2 Å². The van der Waals surface area contributed by atoms with Gasteiger partial charge in [-0.25, -0.2) is 4.79 Å². The number of ether oxygens (including phenoxy) is 2. The molecular weight excluding hydrogens is 401 g/mol. The Labute approximate surface area is 170 Å². The van der Waals surface area contributed by atoms with Crippen LogP contribution in [-0.2, 0) is 17.5 Å². The number of cyclic esters (lactones) is 1. The third-order valence-electron chi connectivity index (χ3n) is 5.35. The maximum absolute atomic E-state index is 13.0. The first-order valence-electron chi connectivity index (χ1n) is 9.37. The lowest BCUT2D eigenvalue weighted by Gasteiger charge is -2.32. The molecule has 0 aromatic heterocycles. The number of hydrogen-bond acceptors (Lipinski definition) is 4. The van der Waals surface area contributed by atoms with Crippen molar-refractivity contribution in [2.45, 2.75) is 25.2 Å². The average molecular weight is 420 g/mol. The molecule has 0 N–H and O–H groups in total. The van der Waals surface area contributed by atoms with Crippen molar-refractivity contribution in [1.29, 1.82) is 0 Å². The summed E-state index contributed by atoms with van der Waals surface area (Å²) in [5.41, 5.74) is 0.689. The van der Waals surface area contributed by atoms with Crippen molar-refractivity contribution in [2.75, 3.05) is 25.2 Å². The van der Waals surface area contributed by atoms with E-state index in [2.05, 4.69) is 0 Å². The number of alkyl halides is 3. The molecule has 0 spiro atoms. The standard InChI is InChI=1S/C21H19F3N2O4/c1-29-17-6-7-18-14(10-17)11-25(9-8-16-12-30-20(28)26(16)18)19(27)13-2-4-15(5-3-13)21(22,23)24/h2-7,10,16H,8-9,11-12H2,1H3. The summed E-state index contributed by atoms with van der Waals surface area (Å²) in [6, 6.07) is 9.17. The summed E-state index contributed by atoms with van der Waals surface area (Å²) in [5.74, 6) is 0.191. The van der Waals surface area contributed by atoms with Gasteiger partial charge < -0.3 is 14.4 Å². The fraction of sp³-hybridized carbons (Fsp3) is 0.333. The number of carbonyl (C=O) groups excluding carboxylic acids is 2. The van der Waals surface area contributed by atoms with E-state index in [1.54, 1.807) is 28.0 Å². The number of methoxy groups -OCH3 is 1. The van der Waals surface area contributed by atoms with Crippen LogP contribution in [0.25, 0.3) is 0 Å². The fourth-order valence-electron chi connectivity index (χ4n) is 3.77. The summed E-state index contributed by atoms with van der Waals surface area (Å²) in [6.07, 6.45) is -4.41. The molecule has 0 bridgehead atoms. The molecule has 9 heteroatoms. The quantitative estimate of drug-likeness (QED) is 0.735. The summed E-state index contributed by atoms with van der Waals surface area (Å²) in [6.45, 7) is 0.726. The molecule has 1 unspecified atom stereocenters. The second-order valence-electron chi connectivity index (χ2n) is 7.19. The largest absolute Gasteiger partial charge is 0.497 e. The summed E-state index contributed by atoms with van der Waals surface area (Å²) in [5, 5.41) is 0. The second-order valence-corrected chi connectivity index (χ2v) is 7.19. The highest BCUT2D eigenvalue weighted by atomic mass is 19.4. The van der Waals surface area contributed by atoms with E-state index in [0.717, 1.165) is 12.1 Å². The number of rotatable bonds is 2. The van der Waals surface area contributed by atoms with Crippen molar-refractivity contribution in [2.24, 2.45) is 0 Å². The topological polar surface area (TPSA) is 59.1 Å². The monoisotopic (exact) mass is 420 g/mol. The fourth-order valence-corrected chi connectivity index (χ4v) is 3.77. The van der Waals surface area contributed by atoms with Crippen molar-refractivity contribution in [3.05, 3.63) is 59.2 Å². The van der Waals surface area contributed by atoms with Gasteiger partial charge in [-0.3, -0.25) is 9.69 Å². The highest BCUT2D eigenvalue weighted by Crippen LogP contribution is 2.34. The molecule has 2 aliphatic rings. The maximum atomic E-state index is 13.0. The van der Waals surface area contributed by atoms with E-state index >= 15 is 0 Å². The molecule has 2 aromatic rings. The lowest BCUT2D eigenvalue weighted by atomic mass is 10.0.